The Hall–Kier alpha value is -1.81. The predicted octanol–water partition coefficient (Wildman–Crippen LogP) is 2.09. The van der Waals surface area contributed by atoms with Crippen molar-refractivity contribution in [2.24, 2.45) is 0 Å². The highest BCUT2D eigenvalue weighted by molar-refractivity contribution is 5.43. The van der Waals surface area contributed by atoms with Gasteiger partial charge < -0.3 is 10.1 Å². The molecule has 2 heterocycles. The molecule has 0 bridgehead atoms. The van der Waals surface area contributed by atoms with E-state index in [1.807, 2.05) is 12.3 Å². The molecule has 0 aliphatic carbocycles. The Kier molecular flexibility index (Phi) is 2.34. The Morgan fingerprint density at radius 1 is 1.38 bits per heavy atom. The molecule has 1 unspecified atom stereocenters. The number of nitrogens with one attached hydrogen (secondary N) is 2. The fourth-order valence-corrected chi connectivity index (χ4v) is 2.03. The van der Waals surface area contributed by atoms with E-state index >= 15 is 0 Å². The predicted molar refractivity (Wildman–Crippen MR) is 61.0 cm³/mol. The van der Waals surface area contributed by atoms with Gasteiger partial charge in [0.2, 0.25) is 0 Å². The SMILES string of the molecule is c1ccc2c(c1)COCC2Nc1cn[nH]c1. The lowest BCUT2D eigenvalue weighted by atomic mass is 9.99. The molecular weight excluding hydrogens is 202 g/mol. The van der Waals surface area contributed by atoms with E-state index in [0.717, 1.165) is 5.69 Å². The van der Waals surface area contributed by atoms with Crippen LogP contribution < -0.4 is 5.32 Å². The highest BCUT2D eigenvalue weighted by Gasteiger charge is 2.19. The van der Waals surface area contributed by atoms with Gasteiger partial charge in [-0.1, -0.05) is 24.3 Å². The highest BCUT2D eigenvalue weighted by Crippen LogP contribution is 2.27. The Morgan fingerprint density at radius 3 is 3.19 bits per heavy atom. The zero-order valence-electron chi connectivity index (χ0n) is 8.81. The number of aromatic nitrogens is 2. The minimum Gasteiger partial charge on any atom is -0.374 e. The van der Waals surface area contributed by atoms with Crippen molar-refractivity contribution in [3.05, 3.63) is 47.8 Å². The number of anilines is 1. The van der Waals surface area contributed by atoms with Crippen LogP contribution in [0.3, 0.4) is 0 Å². The van der Waals surface area contributed by atoms with E-state index in [1.54, 1.807) is 6.20 Å². The summed E-state index contributed by atoms with van der Waals surface area (Å²) < 4.78 is 5.56. The monoisotopic (exact) mass is 215 g/mol. The Morgan fingerprint density at radius 2 is 2.31 bits per heavy atom. The second-order valence-electron chi connectivity index (χ2n) is 3.90. The summed E-state index contributed by atoms with van der Waals surface area (Å²) in [4.78, 5) is 0. The van der Waals surface area contributed by atoms with Gasteiger partial charge in [-0.2, -0.15) is 5.10 Å². The summed E-state index contributed by atoms with van der Waals surface area (Å²) in [5.41, 5.74) is 3.56. The van der Waals surface area contributed by atoms with Crippen LogP contribution in [0.25, 0.3) is 0 Å². The lowest BCUT2D eigenvalue weighted by molar-refractivity contribution is 0.0970. The van der Waals surface area contributed by atoms with Gasteiger partial charge in [0, 0.05) is 6.20 Å². The van der Waals surface area contributed by atoms with Gasteiger partial charge in [-0.3, -0.25) is 5.10 Å². The lowest BCUT2D eigenvalue weighted by Crippen LogP contribution is -2.22. The van der Waals surface area contributed by atoms with E-state index in [9.17, 15) is 0 Å². The molecule has 3 rings (SSSR count). The molecule has 0 radical (unpaired) electrons. The molecule has 82 valence electrons. The maximum Gasteiger partial charge on any atom is 0.0752 e. The van der Waals surface area contributed by atoms with Crippen LogP contribution >= 0.6 is 0 Å². The molecule has 1 atom stereocenters. The van der Waals surface area contributed by atoms with Crippen LogP contribution in [0.15, 0.2) is 36.7 Å². The summed E-state index contributed by atoms with van der Waals surface area (Å²) in [6.45, 7) is 1.40. The largest absolute Gasteiger partial charge is 0.374 e. The molecule has 1 aromatic heterocycles. The molecule has 0 amide bonds. The molecule has 0 spiro atoms. The van der Waals surface area contributed by atoms with E-state index in [4.69, 9.17) is 4.74 Å². The maximum absolute atomic E-state index is 5.56. The van der Waals surface area contributed by atoms with Gasteiger partial charge in [-0.15, -0.1) is 0 Å². The van der Waals surface area contributed by atoms with Crippen LogP contribution in [0.2, 0.25) is 0 Å². The standard InChI is InChI=1S/C12H13N3O/c1-2-4-11-9(3-1)7-16-8-12(11)15-10-5-13-14-6-10/h1-6,12,15H,7-8H2,(H,13,14). The van der Waals surface area contributed by atoms with E-state index in [-0.39, 0.29) is 6.04 Å². The number of H-pyrrole nitrogens is 1. The van der Waals surface area contributed by atoms with E-state index < -0.39 is 0 Å². The second kappa shape index (κ2) is 3.98. The first-order valence-electron chi connectivity index (χ1n) is 5.34. The molecule has 0 fully saturated rings. The molecular formula is C12H13N3O. The third-order valence-corrected chi connectivity index (χ3v) is 2.81. The van der Waals surface area contributed by atoms with Crippen LogP contribution in [0.5, 0.6) is 0 Å². The highest BCUT2D eigenvalue weighted by atomic mass is 16.5. The second-order valence-corrected chi connectivity index (χ2v) is 3.90. The maximum atomic E-state index is 5.56. The van der Waals surface area contributed by atoms with Gasteiger partial charge in [-0.05, 0) is 11.1 Å². The number of ether oxygens (including phenoxy) is 1. The first-order chi connectivity index (χ1) is 7.93. The van der Waals surface area contributed by atoms with Crippen molar-refractivity contribution in [3.8, 4) is 0 Å². The average molecular weight is 215 g/mol. The van der Waals surface area contributed by atoms with Crippen LogP contribution in [0.4, 0.5) is 5.69 Å². The number of nitrogens with zero attached hydrogens (tertiary/aromatic N) is 1. The summed E-state index contributed by atoms with van der Waals surface area (Å²) in [6.07, 6.45) is 3.62. The molecule has 1 aliphatic heterocycles. The molecule has 2 aromatic rings. The van der Waals surface area contributed by atoms with Crippen LogP contribution in [0.1, 0.15) is 17.2 Å². The molecule has 4 nitrogen and oxygen atoms in total. The van der Waals surface area contributed by atoms with Crippen LogP contribution in [-0.4, -0.2) is 16.8 Å². The molecule has 1 aliphatic rings. The topological polar surface area (TPSA) is 49.9 Å². The number of rotatable bonds is 2. The smallest absolute Gasteiger partial charge is 0.0752 e. The van der Waals surface area contributed by atoms with Gasteiger partial charge in [-0.25, -0.2) is 0 Å². The van der Waals surface area contributed by atoms with E-state index in [1.165, 1.54) is 11.1 Å². The van der Waals surface area contributed by atoms with Gasteiger partial charge in [0.05, 0.1) is 31.1 Å². The van der Waals surface area contributed by atoms with Crippen molar-refractivity contribution in [2.45, 2.75) is 12.6 Å². The molecule has 0 saturated heterocycles. The fraction of sp³-hybridized carbons (Fsp3) is 0.250. The van der Waals surface area contributed by atoms with E-state index in [2.05, 4.69) is 33.7 Å². The third-order valence-electron chi connectivity index (χ3n) is 2.81. The van der Waals surface area contributed by atoms with Crippen molar-refractivity contribution in [2.75, 3.05) is 11.9 Å². The quantitative estimate of drug-likeness (QED) is 0.806. The molecule has 0 saturated carbocycles. The number of benzene rings is 1. The van der Waals surface area contributed by atoms with Gasteiger partial charge >= 0.3 is 0 Å². The van der Waals surface area contributed by atoms with Gasteiger partial charge in [0.15, 0.2) is 0 Å². The van der Waals surface area contributed by atoms with Crippen molar-refractivity contribution < 1.29 is 4.74 Å². The zero-order valence-corrected chi connectivity index (χ0v) is 8.81. The van der Waals surface area contributed by atoms with Crippen molar-refractivity contribution in [1.29, 1.82) is 0 Å². The lowest BCUT2D eigenvalue weighted by Gasteiger charge is -2.26. The molecule has 1 aromatic carbocycles. The zero-order chi connectivity index (χ0) is 10.8. The Bertz CT molecular complexity index is 467. The summed E-state index contributed by atoms with van der Waals surface area (Å²) in [5, 5.41) is 10.1. The van der Waals surface area contributed by atoms with Gasteiger partial charge in [0.1, 0.15) is 0 Å². The Labute approximate surface area is 93.6 Å². The fourth-order valence-electron chi connectivity index (χ4n) is 2.03. The molecule has 4 heteroatoms. The number of hydrogen-bond acceptors (Lipinski definition) is 3. The molecule has 16 heavy (non-hydrogen) atoms. The van der Waals surface area contributed by atoms with Crippen LogP contribution in [-0.2, 0) is 11.3 Å². The third kappa shape index (κ3) is 1.67. The number of aromatic amines is 1. The minimum atomic E-state index is 0.211. The van der Waals surface area contributed by atoms with Gasteiger partial charge in [0.25, 0.3) is 0 Å². The summed E-state index contributed by atoms with van der Waals surface area (Å²) in [7, 11) is 0. The first kappa shape index (κ1) is 9.42. The average Bonchev–Trinajstić information content (AvgIpc) is 2.82. The van der Waals surface area contributed by atoms with Crippen molar-refractivity contribution in [3.63, 3.8) is 0 Å². The minimum absolute atomic E-state index is 0.211. The Balaban J connectivity index is 1.87. The van der Waals surface area contributed by atoms with Crippen molar-refractivity contribution in [1.82, 2.24) is 10.2 Å². The summed E-state index contributed by atoms with van der Waals surface area (Å²) in [6, 6.07) is 8.58. The molecule has 2 N–H and O–H groups in total. The number of hydrogen-bond donors (Lipinski definition) is 2. The number of fused-ring (bicyclic) bond motifs is 1. The summed E-state index contributed by atoms with van der Waals surface area (Å²) >= 11 is 0. The van der Waals surface area contributed by atoms with E-state index in [0.29, 0.717) is 13.2 Å². The summed E-state index contributed by atoms with van der Waals surface area (Å²) in [5.74, 6) is 0. The van der Waals surface area contributed by atoms with Crippen molar-refractivity contribution >= 4 is 5.69 Å². The normalized spacial score (nSPS) is 19.1. The van der Waals surface area contributed by atoms with Crippen LogP contribution in [0, 0.1) is 0 Å². The first-order valence-corrected chi connectivity index (χ1v) is 5.34.